The minimum atomic E-state index is 1.06. The van der Waals surface area contributed by atoms with Crippen LogP contribution in [-0.2, 0) is 0 Å². The summed E-state index contributed by atoms with van der Waals surface area (Å²) < 4.78 is 0. The van der Waals surface area contributed by atoms with Gasteiger partial charge in [-0.2, -0.15) is 0 Å². The maximum atomic E-state index is 3.20. The second kappa shape index (κ2) is 4.71. The van der Waals surface area contributed by atoms with Crippen LogP contribution in [0.5, 0.6) is 0 Å². The Morgan fingerprint density at radius 1 is 0.750 bits per heavy atom. The number of rotatable bonds is 3. The van der Waals surface area contributed by atoms with E-state index in [1.54, 1.807) is 0 Å². The van der Waals surface area contributed by atoms with Crippen LogP contribution in [0.4, 0.5) is 11.4 Å². The topological polar surface area (TPSA) is 24.1 Å². The van der Waals surface area contributed by atoms with E-state index < -0.39 is 0 Å². The van der Waals surface area contributed by atoms with Crippen LogP contribution in [-0.4, -0.2) is 0 Å². The van der Waals surface area contributed by atoms with Gasteiger partial charge in [-0.1, -0.05) is 35.9 Å². The average molecular weight is 212 g/mol. The molecular weight excluding hydrogens is 196 g/mol. The number of hydrogen-bond acceptors (Lipinski definition) is 2. The van der Waals surface area contributed by atoms with Crippen molar-refractivity contribution in [1.29, 1.82) is 0 Å². The fourth-order valence-electron chi connectivity index (χ4n) is 1.49. The van der Waals surface area contributed by atoms with Crippen LogP contribution in [0, 0.1) is 13.8 Å². The highest BCUT2D eigenvalue weighted by Gasteiger charge is 1.95. The van der Waals surface area contributed by atoms with Crippen LogP contribution in [0.1, 0.15) is 11.1 Å². The summed E-state index contributed by atoms with van der Waals surface area (Å²) in [7, 11) is 0. The Kier molecular flexibility index (Phi) is 3.10. The predicted molar refractivity (Wildman–Crippen MR) is 69.6 cm³/mol. The molecular formula is C14H16N2. The van der Waals surface area contributed by atoms with Gasteiger partial charge < -0.3 is 10.9 Å². The Morgan fingerprint density at radius 2 is 1.44 bits per heavy atom. The van der Waals surface area contributed by atoms with Crippen molar-refractivity contribution in [3.8, 4) is 0 Å². The van der Waals surface area contributed by atoms with E-state index in [2.05, 4.69) is 61.1 Å². The summed E-state index contributed by atoms with van der Waals surface area (Å²) in [6.07, 6.45) is 0. The van der Waals surface area contributed by atoms with Gasteiger partial charge in [0.25, 0.3) is 0 Å². The first-order chi connectivity index (χ1) is 7.75. The van der Waals surface area contributed by atoms with Crippen LogP contribution in [0.25, 0.3) is 0 Å². The average Bonchev–Trinajstić information content (AvgIpc) is 2.30. The van der Waals surface area contributed by atoms with E-state index in [1.807, 2.05) is 12.1 Å². The highest BCUT2D eigenvalue weighted by molar-refractivity contribution is 5.56. The lowest BCUT2D eigenvalue weighted by Gasteiger charge is -2.11. The van der Waals surface area contributed by atoms with Crippen LogP contribution in [0.15, 0.2) is 48.5 Å². The molecule has 16 heavy (non-hydrogen) atoms. The third-order valence-electron chi connectivity index (χ3n) is 2.54. The van der Waals surface area contributed by atoms with E-state index >= 15 is 0 Å². The molecule has 0 saturated carbocycles. The summed E-state index contributed by atoms with van der Waals surface area (Å²) >= 11 is 0. The number of aryl methyl sites for hydroxylation is 2. The first-order valence-electron chi connectivity index (χ1n) is 5.40. The van der Waals surface area contributed by atoms with Gasteiger partial charge in [-0.05, 0) is 37.6 Å². The van der Waals surface area contributed by atoms with Crippen molar-refractivity contribution in [2.75, 3.05) is 10.9 Å². The molecule has 2 N–H and O–H groups in total. The monoisotopic (exact) mass is 212 g/mol. The Bertz CT molecular complexity index is 460. The van der Waals surface area contributed by atoms with Crippen LogP contribution in [0.3, 0.4) is 0 Å². The van der Waals surface area contributed by atoms with Crippen molar-refractivity contribution in [2.45, 2.75) is 13.8 Å². The SMILES string of the molecule is Cc1ccc(NNc2ccccc2C)cc1. The molecule has 2 rings (SSSR count). The predicted octanol–water partition coefficient (Wildman–Crippen LogP) is 3.74. The summed E-state index contributed by atoms with van der Waals surface area (Å²) in [5.41, 5.74) is 11.0. The highest BCUT2D eigenvalue weighted by atomic mass is 15.4. The van der Waals surface area contributed by atoms with E-state index in [9.17, 15) is 0 Å². The lowest BCUT2D eigenvalue weighted by Crippen LogP contribution is -2.09. The summed E-state index contributed by atoms with van der Waals surface area (Å²) in [4.78, 5) is 0. The Balaban J connectivity index is 2.02. The van der Waals surface area contributed by atoms with Gasteiger partial charge in [-0.3, -0.25) is 0 Å². The number of hydrazine groups is 1. The zero-order valence-corrected chi connectivity index (χ0v) is 9.62. The van der Waals surface area contributed by atoms with E-state index in [0.29, 0.717) is 0 Å². The van der Waals surface area contributed by atoms with Gasteiger partial charge in [0.15, 0.2) is 0 Å². The van der Waals surface area contributed by atoms with Gasteiger partial charge in [-0.25, -0.2) is 0 Å². The molecule has 0 atom stereocenters. The first kappa shape index (κ1) is 10.6. The molecule has 0 fully saturated rings. The number of hydrogen-bond donors (Lipinski definition) is 2. The van der Waals surface area contributed by atoms with Crippen molar-refractivity contribution in [2.24, 2.45) is 0 Å². The third-order valence-corrected chi connectivity index (χ3v) is 2.54. The Morgan fingerprint density at radius 3 is 2.12 bits per heavy atom. The lowest BCUT2D eigenvalue weighted by atomic mass is 10.2. The molecule has 0 spiro atoms. The summed E-state index contributed by atoms with van der Waals surface area (Å²) in [5, 5.41) is 0. The molecule has 0 aliphatic carbocycles. The van der Waals surface area contributed by atoms with E-state index in [0.717, 1.165) is 11.4 Å². The molecule has 0 aliphatic heterocycles. The molecule has 0 radical (unpaired) electrons. The molecule has 0 unspecified atom stereocenters. The Hall–Kier alpha value is -1.96. The van der Waals surface area contributed by atoms with Crippen molar-refractivity contribution in [1.82, 2.24) is 0 Å². The molecule has 2 nitrogen and oxygen atoms in total. The van der Waals surface area contributed by atoms with Crippen LogP contribution < -0.4 is 10.9 Å². The maximum absolute atomic E-state index is 3.20. The van der Waals surface area contributed by atoms with E-state index in [4.69, 9.17) is 0 Å². The summed E-state index contributed by atoms with van der Waals surface area (Å²) in [6.45, 7) is 4.16. The number of benzene rings is 2. The molecule has 0 aromatic heterocycles. The fourth-order valence-corrected chi connectivity index (χ4v) is 1.49. The van der Waals surface area contributed by atoms with Gasteiger partial charge in [0.1, 0.15) is 0 Å². The van der Waals surface area contributed by atoms with E-state index in [-0.39, 0.29) is 0 Å². The van der Waals surface area contributed by atoms with E-state index in [1.165, 1.54) is 11.1 Å². The second-order valence-electron chi connectivity index (χ2n) is 3.93. The lowest BCUT2D eigenvalue weighted by molar-refractivity contribution is 1.35. The van der Waals surface area contributed by atoms with Gasteiger partial charge in [0.2, 0.25) is 0 Å². The third kappa shape index (κ3) is 2.54. The molecule has 0 aliphatic rings. The molecule has 2 aromatic carbocycles. The molecule has 2 aromatic rings. The molecule has 0 heterocycles. The maximum Gasteiger partial charge on any atom is 0.0569 e. The zero-order valence-electron chi connectivity index (χ0n) is 9.62. The molecule has 0 amide bonds. The molecule has 82 valence electrons. The number of para-hydroxylation sites is 1. The van der Waals surface area contributed by atoms with Gasteiger partial charge in [0, 0.05) is 0 Å². The molecule has 2 heteroatoms. The first-order valence-corrected chi connectivity index (χ1v) is 5.40. The zero-order chi connectivity index (χ0) is 11.4. The normalized spacial score (nSPS) is 9.88. The van der Waals surface area contributed by atoms with Gasteiger partial charge >= 0.3 is 0 Å². The standard InChI is InChI=1S/C14H16N2/c1-11-7-9-13(10-8-11)15-16-14-6-4-3-5-12(14)2/h3-10,15-16H,1-2H3. The second-order valence-corrected chi connectivity index (χ2v) is 3.93. The summed E-state index contributed by atoms with van der Waals surface area (Å²) in [6, 6.07) is 16.5. The minimum Gasteiger partial charge on any atom is -0.301 e. The van der Waals surface area contributed by atoms with Crippen molar-refractivity contribution in [3.63, 3.8) is 0 Å². The minimum absolute atomic E-state index is 1.06. The highest BCUT2D eigenvalue weighted by Crippen LogP contribution is 2.14. The Labute approximate surface area is 96.3 Å². The van der Waals surface area contributed by atoms with Crippen molar-refractivity contribution >= 4 is 11.4 Å². The fraction of sp³-hybridized carbons (Fsp3) is 0.143. The smallest absolute Gasteiger partial charge is 0.0569 e. The molecule has 0 bridgehead atoms. The van der Waals surface area contributed by atoms with Gasteiger partial charge in [0.05, 0.1) is 11.4 Å². The number of nitrogens with one attached hydrogen (secondary N) is 2. The quantitative estimate of drug-likeness (QED) is 0.757. The summed E-state index contributed by atoms with van der Waals surface area (Å²) in [5.74, 6) is 0. The van der Waals surface area contributed by atoms with Gasteiger partial charge in [-0.15, -0.1) is 0 Å². The van der Waals surface area contributed by atoms with Crippen molar-refractivity contribution in [3.05, 3.63) is 59.7 Å². The van der Waals surface area contributed by atoms with Crippen LogP contribution >= 0.6 is 0 Å². The molecule has 0 saturated heterocycles. The van der Waals surface area contributed by atoms with Crippen molar-refractivity contribution < 1.29 is 0 Å². The largest absolute Gasteiger partial charge is 0.301 e. The number of anilines is 2. The van der Waals surface area contributed by atoms with Crippen LogP contribution in [0.2, 0.25) is 0 Å².